The summed E-state index contributed by atoms with van der Waals surface area (Å²) < 4.78 is 75.6. The second-order valence-electron chi connectivity index (χ2n) is 27.4. The Morgan fingerprint density at radius 3 is 1.30 bits per heavy atom. The highest BCUT2D eigenvalue weighted by molar-refractivity contribution is 7.98. The van der Waals surface area contributed by atoms with Gasteiger partial charge in [-0.1, -0.05) is 140 Å². The van der Waals surface area contributed by atoms with E-state index in [4.69, 9.17) is 18.9 Å². The average molecular weight is 1290 g/mol. The van der Waals surface area contributed by atoms with Crippen LogP contribution in [0.1, 0.15) is 140 Å². The lowest BCUT2D eigenvalue weighted by atomic mass is 9.48. The molecular weight excluding hydrogens is 1200 g/mol. The monoisotopic (exact) mass is 1280 g/mol. The maximum Gasteiger partial charge on any atom is 0.376 e. The van der Waals surface area contributed by atoms with Crippen molar-refractivity contribution in [3.63, 3.8) is 0 Å². The molecule has 2 saturated heterocycles. The number of ketones is 2. The molecular formula is C75H84F4O10S2+2. The molecule has 91 heavy (non-hydrogen) atoms. The quantitative estimate of drug-likeness (QED) is 0.0285. The Labute approximate surface area is 537 Å². The molecule has 4 atom stereocenters. The van der Waals surface area contributed by atoms with E-state index in [9.17, 15) is 46.3 Å². The van der Waals surface area contributed by atoms with Crippen molar-refractivity contribution in [3.8, 4) is 0 Å². The molecule has 8 saturated carbocycles. The number of esters is 4. The van der Waals surface area contributed by atoms with E-state index in [0.717, 1.165) is 114 Å². The smallest absolute Gasteiger partial charge is 0.376 e. The lowest BCUT2D eigenvalue weighted by molar-refractivity contribution is -0.205. The molecule has 16 rings (SSSR count). The number of benzene rings is 6. The van der Waals surface area contributed by atoms with Gasteiger partial charge in [0.2, 0.25) is 11.6 Å². The van der Waals surface area contributed by atoms with E-state index in [-0.39, 0.29) is 52.9 Å². The van der Waals surface area contributed by atoms with Crippen LogP contribution in [-0.2, 0) is 61.5 Å². The van der Waals surface area contributed by atoms with Crippen molar-refractivity contribution in [1.82, 2.24) is 0 Å². The number of Topliss-reactive ketones (excluding diaryl/α,β-unsaturated/α-hetero) is 2. The molecule has 0 aromatic heterocycles. The summed E-state index contributed by atoms with van der Waals surface area (Å²) in [5, 5.41) is 4.01. The third kappa shape index (κ3) is 16.5. The van der Waals surface area contributed by atoms with Gasteiger partial charge in [-0.25, -0.2) is 14.4 Å². The van der Waals surface area contributed by atoms with Crippen molar-refractivity contribution < 1.29 is 65.3 Å². The number of hydrogen-bond acceptors (Lipinski definition) is 10. The van der Waals surface area contributed by atoms with Crippen molar-refractivity contribution in [2.24, 2.45) is 46.3 Å². The summed E-state index contributed by atoms with van der Waals surface area (Å²) in [6, 6.07) is 46.5. The van der Waals surface area contributed by atoms with Gasteiger partial charge in [0.25, 0.3) is 0 Å². The third-order valence-corrected chi connectivity index (χ3v) is 25.0. The number of halogens is 4. The lowest BCUT2D eigenvalue weighted by Gasteiger charge is -2.59. The van der Waals surface area contributed by atoms with Crippen LogP contribution in [0.25, 0.3) is 21.5 Å². The maximum atomic E-state index is 13.4. The van der Waals surface area contributed by atoms with Crippen molar-refractivity contribution in [2.75, 3.05) is 47.7 Å². The summed E-state index contributed by atoms with van der Waals surface area (Å²) in [6.07, 6.45) is 13.2. The number of rotatable bonds is 17. The van der Waals surface area contributed by atoms with Crippen molar-refractivity contribution in [3.05, 3.63) is 168 Å². The summed E-state index contributed by atoms with van der Waals surface area (Å²) >= 11 is 0. The first kappa shape index (κ1) is 66.0. The zero-order chi connectivity index (χ0) is 63.9. The van der Waals surface area contributed by atoms with E-state index in [1.54, 1.807) is 6.07 Å². The van der Waals surface area contributed by atoms with Gasteiger partial charge in [0.05, 0.1) is 25.2 Å². The minimum Gasteiger partial charge on any atom is -0.465 e. The third-order valence-electron chi connectivity index (χ3n) is 20.2. The highest BCUT2D eigenvalue weighted by Crippen LogP contribution is 2.62. The van der Waals surface area contributed by atoms with E-state index in [1.165, 1.54) is 48.7 Å². The van der Waals surface area contributed by atoms with Crippen LogP contribution in [0.3, 0.4) is 0 Å². The van der Waals surface area contributed by atoms with Crippen LogP contribution < -0.4 is 0 Å². The molecule has 10 nitrogen and oxygen atoms in total. The maximum absolute atomic E-state index is 13.4. The number of alkyl halides is 4. The Hall–Kier alpha value is -6.52. The minimum absolute atomic E-state index is 0.0637. The van der Waals surface area contributed by atoms with Crippen molar-refractivity contribution >= 4 is 78.8 Å². The van der Waals surface area contributed by atoms with Gasteiger partial charge < -0.3 is 18.9 Å². The Kier molecular flexibility index (Phi) is 20.9. The van der Waals surface area contributed by atoms with Crippen LogP contribution in [0.2, 0.25) is 0 Å². The fraction of sp³-hybridized carbons (Fsp3) is 0.493. The summed E-state index contributed by atoms with van der Waals surface area (Å²) in [5.41, 5.74) is 3.00. The summed E-state index contributed by atoms with van der Waals surface area (Å²) in [7, 11) is 0.785. The normalized spacial score (nSPS) is 26.9. The lowest BCUT2D eigenvalue weighted by Crippen LogP contribution is -2.56. The molecule has 0 spiro atoms. The molecule has 2 aliphatic heterocycles. The molecule has 16 heteroatoms. The highest BCUT2D eigenvalue weighted by atomic mass is 32.2. The van der Waals surface area contributed by atoms with Gasteiger partial charge in [-0.15, -0.1) is 0 Å². The first-order valence-electron chi connectivity index (χ1n) is 32.6. The molecule has 10 fully saturated rings. The molecule has 0 amide bonds. The van der Waals surface area contributed by atoms with Gasteiger partial charge in [0, 0.05) is 35.8 Å². The van der Waals surface area contributed by atoms with Crippen molar-refractivity contribution in [2.45, 2.75) is 134 Å². The van der Waals surface area contributed by atoms with Gasteiger partial charge in [-0.3, -0.25) is 14.4 Å². The van der Waals surface area contributed by atoms with Gasteiger partial charge in [0.15, 0.2) is 11.5 Å². The Morgan fingerprint density at radius 1 is 0.462 bits per heavy atom. The van der Waals surface area contributed by atoms with Crippen LogP contribution in [-0.4, -0.2) is 107 Å². The second-order valence-corrected chi connectivity index (χ2v) is 32.0. The SMILES string of the molecule is CC(F)(F)C(=O)OC1C2CC3CC1CC(COC(=O)Cc1cccc4ccccc14)(C3)C2.CC(F)(F)C(=O)OC1C2CC3CC1CC(COC(=O)c1cccc4ccccc14)(C3)C2.O=C(C[S+]1CCCC1)c1ccccc1.O=C(C[S+]1CCCC1)c1ccccc1. The molecule has 482 valence electrons. The Balaban J connectivity index is 0.000000133. The van der Waals surface area contributed by atoms with Gasteiger partial charge >= 0.3 is 35.7 Å². The first-order chi connectivity index (χ1) is 43.7. The molecule has 0 radical (unpaired) electrons. The molecule has 2 heterocycles. The minimum atomic E-state index is -3.47. The van der Waals surface area contributed by atoms with Crippen LogP contribution in [0.5, 0.6) is 0 Å². The van der Waals surface area contributed by atoms with Gasteiger partial charge in [0.1, 0.15) is 35.2 Å². The fourth-order valence-electron chi connectivity index (χ4n) is 16.6. The number of carbonyl (C=O) groups excluding carboxylic acids is 6. The number of hydrogen-bond donors (Lipinski definition) is 0. The van der Waals surface area contributed by atoms with Crippen LogP contribution in [0, 0.1) is 46.3 Å². The number of carbonyl (C=O) groups is 6. The fourth-order valence-corrected chi connectivity index (χ4v) is 21.1. The van der Waals surface area contributed by atoms with E-state index >= 15 is 0 Å². The molecule has 6 aromatic carbocycles. The predicted molar refractivity (Wildman–Crippen MR) is 350 cm³/mol. The molecule has 6 aromatic rings. The average Bonchev–Trinajstić information content (AvgIpc) is 1.08. The molecule has 8 aliphatic carbocycles. The van der Waals surface area contributed by atoms with E-state index in [2.05, 4.69) is 0 Å². The Bertz CT molecular complexity index is 3430. The standard InChI is InChI=1S/C26H28F2O4.C25H26F2O4.2C12H15OS/c1-25(27,28)24(30)32-23-19-9-16-10-20(23)14-26(12-16,13-19)15-31-22(29)11-18-7-4-6-17-5-2-3-8-21(17)18;1-24(26,27)23(29)31-21-17-9-15-10-18(21)13-25(11-15,12-17)14-30-22(28)20-8-4-6-16-5-2-3-7-19(16)20;2*13-12(10-14-8-4-5-9-14)11-6-2-1-3-7-11/h2-8,16,19-20,23H,9-15H2,1H3;2-8,15,17-18,21H,9-14H2,1H3;2*1-3,6-7H,4-5,8-10H2/q;;2*+1. The first-order valence-corrected chi connectivity index (χ1v) is 36.0. The second kappa shape index (κ2) is 28.8. The molecule has 8 bridgehead atoms. The molecule has 4 unspecified atom stereocenters. The zero-order valence-corrected chi connectivity index (χ0v) is 53.8. The van der Waals surface area contributed by atoms with E-state index in [0.29, 0.717) is 77.8 Å². The largest absolute Gasteiger partial charge is 0.465 e. The highest BCUT2D eigenvalue weighted by Gasteiger charge is 2.59. The summed E-state index contributed by atoms with van der Waals surface area (Å²) in [6.45, 7) is 1.84. The van der Waals surface area contributed by atoms with Crippen LogP contribution in [0.15, 0.2) is 146 Å². The van der Waals surface area contributed by atoms with Crippen LogP contribution >= 0.6 is 0 Å². The number of ether oxygens (including phenoxy) is 4. The summed E-state index contributed by atoms with van der Waals surface area (Å²) in [5.74, 6) is -1.81. The van der Waals surface area contributed by atoms with Gasteiger partial charge in [-0.2, -0.15) is 17.6 Å². The summed E-state index contributed by atoms with van der Waals surface area (Å²) in [4.78, 5) is 72.8. The molecule has 10 aliphatic rings. The van der Waals surface area contributed by atoms with Gasteiger partial charge in [-0.05, 0) is 180 Å². The van der Waals surface area contributed by atoms with Crippen molar-refractivity contribution in [1.29, 1.82) is 0 Å². The predicted octanol–water partition coefficient (Wildman–Crippen LogP) is 15.3. The topological polar surface area (TPSA) is 139 Å². The van der Waals surface area contributed by atoms with E-state index < -0.39 is 36.0 Å². The molecule has 0 N–H and O–H groups in total. The van der Waals surface area contributed by atoms with Crippen LogP contribution in [0.4, 0.5) is 17.6 Å². The van der Waals surface area contributed by atoms with E-state index in [1.807, 2.05) is 140 Å². The Morgan fingerprint density at radius 2 is 0.846 bits per heavy atom. The zero-order valence-electron chi connectivity index (χ0n) is 52.1. The number of fused-ring (bicyclic) bond motifs is 2.